The average Bonchev–Trinajstić information content (AvgIpc) is 2.72. The quantitative estimate of drug-likeness (QED) is 0.413. The molecule has 0 aliphatic heterocycles. The van der Waals surface area contributed by atoms with E-state index in [9.17, 15) is 37.7 Å². The number of halogens is 3. The average molecular weight is 440 g/mol. The Morgan fingerprint density at radius 2 is 1.58 bits per heavy atom. The second-order valence-corrected chi connectivity index (χ2v) is 6.13. The lowest BCUT2D eigenvalue weighted by Gasteiger charge is -2.14. The molecule has 2 rings (SSSR count). The van der Waals surface area contributed by atoms with Crippen LogP contribution in [0.2, 0.25) is 0 Å². The normalized spacial score (nSPS) is 11.9. The van der Waals surface area contributed by atoms with Gasteiger partial charge in [0.1, 0.15) is 0 Å². The Bertz CT molecular complexity index is 1020. The summed E-state index contributed by atoms with van der Waals surface area (Å²) in [5.74, 6) is -2.92. The second-order valence-electron chi connectivity index (χ2n) is 6.13. The molecule has 1 unspecified atom stereocenters. The molecular formula is C19H15F3N2O7. The van der Waals surface area contributed by atoms with Gasteiger partial charge in [-0.1, -0.05) is 0 Å². The molecule has 1 N–H and O–H groups in total. The van der Waals surface area contributed by atoms with Gasteiger partial charge in [-0.3, -0.25) is 14.9 Å². The summed E-state index contributed by atoms with van der Waals surface area (Å²) < 4.78 is 47.2. The zero-order chi connectivity index (χ0) is 23.3. The molecule has 1 atom stereocenters. The number of ether oxygens (including phenoxy) is 2. The topological polar surface area (TPSA) is 125 Å². The van der Waals surface area contributed by atoms with Crippen molar-refractivity contribution in [1.29, 1.82) is 0 Å². The van der Waals surface area contributed by atoms with Crippen molar-refractivity contribution in [1.82, 2.24) is 0 Å². The highest BCUT2D eigenvalue weighted by Gasteiger charge is 2.30. The molecule has 2 aromatic carbocycles. The lowest BCUT2D eigenvalue weighted by atomic mass is 10.1. The molecule has 0 aliphatic carbocycles. The Morgan fingerprint density at radius 1 is 1.03 bits per heavy atom. The number of rotatable bonds is 6. The number of hydrogen-bond donors (Lipinski definition) is 1. The number of anilines is 1. The van der Waals surface area contributed by atoms with Gasteiger partial charge in [-0.15, -0.1) is 0 Å². The molecule has 164 valence electrons. The van der Waals surface area contributed by atoms with Crippen LogP contribution in [-0.2, 0) is 20.4 Å². The number of carbonyl (C=O) groups excluding carboxylic acids is 3. The lowest BCUT2D eigenvalue weighted by Crippen LogP contribution is -2.30. The Morgan fingerprint density at radius 3 is 2.06 bits per heavy atom. The van der Waals surface area contributed by atoms with Crippen LogP contribution in [0.25, 0.3) is 0 Å². The molecule has 31 heavy (non-hydrogen) atoms. The van der Waals surface area contributed by atoms with E-state index in [1.54, 1.807) is 0 Å². The molecule has 0 spiro atoms. The van der Waals surface area contributed by atoms with Crippen LogP contribution in [0.1, 0.15) is 33.2 Å². The van der Waals surface area contributed by atoms with E-state index in [2.05, 4.69) is 10.1 Å². The maximum Gasteiger partial charge on any atom is 0.416 e. The summed E-state index contributed by atoms with van der Waals surface area (Å²) in [5, 5.41) is 13.3. The predicted molar refractivity (Wildman–Crippen MR) is 99.4 cm³/mol. The first-order chi connectivity index (χ1) is 14.4. The highest BCUT2D eigenvalue weighted by molar-refractivity contribution is 5.99. The van der Waals surface area contributed by atoms with Crippen LogP contribution in [0.3, 0.4) is 0 Å². The van der Waals surface area contributed by atoms with Gasteiger partial charge in [0.2, 0.25) is 0 Å². The smallest absolute Gasteiger partial charge is 0.416 e. The number of methoxy groups -OCH3 is 1. The van der Waals surface area contributed by atoms with Crippen LogP contribution in [0.5, 0.6) is 0 Å². The molecule has 0 aliphatic rings. The number of nitro benzene ring substituents is 1. The second kappa shape index (κ2) is 9.24. The van der Waals surface area contributed by atoms with Crippen molar-refractivity contribution < 1.29 is 42.0 Å². The van der Waals surface area contributed by atoms with Gasteiger partial charge in [0.15, 0.2) is 6.10 Å². The van der Waals surface area contributed by atoms with Crippen molar-refractivity contribution in [2.75, 3.05) is 12.4 Å². The third kappa shape index (κ3) is 6.01. The Labute approximate surface area is 172 Å². The van der Waals surface area contributed by atoms with Crippen molar-refractivity contribution in [3.8, 4) is 0 Å². The number of esters is 2. The lowest BCUT2D eigenvalue weighted by molar-refractivity contribution is -0.384. The number of benzene rings is 2. The maximum atomic E-state index is 12.6. The van der Waals surface area contributed by atoms with E-state index in [1.165, 1.54) is 6.92 Å². The fourth-order valence-corrected chi connectivity index (χ4v) is 2.34. The predicted octanol–water partition coefficient (Wildman–Crippen LogP) is 3.58. The van der Waals surface area contributed by atoms with Gasteiger partial charge in [-0.2, -0.15) is 13.2 Å². The number of nitro groups is 1. The SMILES string of the molecule is COC(=O)c1cc(C(=O)OC(C)C(=O)Nc2ccc(C(F)(F)F)cc2)cc([N+](=O)[O-])c1. The molecule has 0 radical (unpaired) electrons. The minimum absolute atomic E-state index is 0.0317. The number of hydrogen-bond acceptors (Lipinski definition) is 7. The van der Waals surface area contributed by atoms with Crippen LogP contribution >= 0.6 is 0 Å². The highest BCUT2D eigenvalue weighted by Crippen LogP contribution is 2.29. The number of non-ortho nitro benzene ring substituents is 1. The van der Waals surface area contributed by atoms with E-state index in [-0.39, 0.29) is 16.8 Å². The van der Waals surface area contributed by atoms with Crippen molar-refractivity contribution in [3.63, 3.8) is 0 Å². The third-order valence-corrected chi connectivity index (χ3v) is 3.92. The van der Waals surface area contributed by atoms with Gasteiger partial charge in [0.05, 0.1) is 28.7 Å². The molecular weight excluding hydrogens is 425 g/mol. The van der Waals surface area contributed by atoms with Crippen LogP contribution in [0, 0.1) is 10.1 Å². The summed E-state index contributed by atoms with van der Waals surface area (Å²) in [4.78, 5) is 46.3. The molecule has 9 nitrogen and oxygen atoms in total. The molecule has 0 heterocycles. The number of alkyl halides is 3. The summed E-state index contributed by atoms with van der Waals surface area (Å²) in [6, 6.07) is 6.35. The Hall–Kier alpha value is -3.96. The minimum Gasteiger partial charge on any atom is -0.465 e. The molecule has 0 saturated carbocycles. The van der Waals surface area contributed by atoms with E-state index in [0.717, 1.165) is 49.6 Å². The molecule has 12 heteroatoms. The van der Waals surface area contributed by atoms with Gasteiger partial charge in [-0.25, -0.2) is 9.59 Å². The van der Waals surface area contributed by atoms with Crippen LogP contribution in [-0.4, -0.2) is 36.0 Å². The van der Waals surface area contributed by atoms with E-state index >= 15 is 0 Å². The first kappa shape index (κ1) is 23.3. The zero-order valence-corrected chi connectivity index (χ0v) is 16.1. The summed E-state index contributed by atoms with van der Waals surface area (Å²) >= 11 is 0. The molecule has 0 aromatic heterocycles. The van der Waals surface area contributed by atoms with Crippen molar-refractivity contribution in [2.24, 2.45) is 0 Å². The molecule has 2 aromatic rings. The monoisotopic (exact) mass is 440 g/mol. The fraction of sp³-hybridized carbons (Fsp3) is 0.211. The van der Waals surface area contributed by atoms with Crippen molar-refractivity contribution in [3.05, 3.63) is 69.3 Å². The number of carbonyl (C=O) groups is 3. The van der Waals surface area contributed by atoms with E-state index in [1.807, 2.05) is 0 Å². The van der Waals surface area contributed by atoms with E-state index in [4.69, 9.17) is 4.74 Å². The highest BCUT2D eigenvalue weighted by atomic mass is 19.4. The fourth-order valence-electron chi connectivity index (χ4n) is 2.34. The first-order valence-corrected chi connectivity index (χ1v) is 8.49. The molecule has 0 saturated heterocycles. The van der Waals surface area contributed by atoms with E-state index in [0.29, 0.717) is 0 Å². The van der Waals surface area contributed by atoms with Gasteiger partial charge >= 0.3 is 18.1 Å². The standard InChI is InChI=1S/C19H15F3N2O7/c1-10(16(25)23-14-5-3-13(4-6-14)19(20,21)22)31-18(27)12-7-11(17(26)30-2)8-15(9-12)24(28)29/h3-10H,1-2H3,(H,23,25). The van der Waals surface area contributed by atoms with Crippen LogP contribution in [0.4, 0.5) is 24.5 Å². The summed E-state index contributed by atoms with van der Waals surface area (Å²) in [7, 11) is 1.05. The largest absolute Gasteiger partial charge is 0.465 e. The van der Waals surface area contributed by atoms with Crippen LogP contribution < -0.4 is 5.32 Å². The summed E-state index contributed by atoms with van der Waals surface area (Å²) in [6.07, 6.45) is -5.94. The Balaban J connectivity index is 2.12. The maximum absolute atomic E-state index is 12.6. The molecule has 0 fully saturated rings. The Kier molecular flexibility index (Phi) is 6.95. The number of nitrogens with one attached hydrogen (secondary N) is 1. The van der Waals surface area contributed by atoms with Gasteiger partial charge in [0.25, 0.3) is 11.6 Å². The first-order valence-electron chi connectivity index (χ1n) is 8.49. The van der Waals surface area contributed by atoms with Crippen molar-refractivity contribution >= 4 is 29.2 Å². The number of nitrogens with zero attached hydrogens (tertiary/aromatic N) is 1. The zero-order valence-electron chi connectivity index (χ0n) is 16.1. The van der Waals surface area contributed by atoms with Crippen molar-refractivity contribution in [2.45, 2.75) is 19.2 Å². The van der Waals surface area contributed by atoms with E-state index < -0.39 is 46.3 Å². The molecule has 0 bridgehead atoms. The molecule has 1 amide bonds. The summed E-state index contributed by atoms with van der Waals surface area (Å²) in [6.45, 7) is 1.19. The van der Waals surface area contributed by atoms with Crippen LogP contribution in [0.15, 0.2) is 42.5 Å². The number of amides is 1. The van der Waals surface area contributed by atoms with Gasteiger partial charge in [0, 0.05) is 17.8 Å². The summed E-state index contributed by atoms with van der Waals surface area (Å²) in [5.41, 5.74) is -2.09. The van der Waals surface area contributed by atoms with Gasteiger partial charge < -0.3 is 14.8 Å². The third-order valence-electron chi connectivity index (χ3n) is 3.92. The minimum atomic E-state index is -4.54. The van der Waals surface area contributed by atoms with Gasteiger partial charge in [-0.05, 0) is 37.3 Å².